The first-order chi connectivity index (χ1) is 6.13. The molecule has 0 fully saturated rings. The van der Waals surface area contributed by atoms with Crippen LogP contribution in [-0.4, -0.2) is 26.9 Å². The van der Waals surface area contributed by atoms with Crippen LogP contribution in [0.2, 0.25) is 0 Å². The zero-order valence-corrected chi connectivity index (χ0v) is 6.71. The Balaban J connectivity index is 2.65. The first-order valence-corrected chi connectivity index (χ1v) is 3.54. The Kier molecular flexibility index (Phi) is 2.62. The molecule has 0 saturated heterocycles. The van der Waals surface area contributed by atoms with Gasteiger partial charge in [-0.1, -0.05) is 0 Å². The van der Waals surface area contributed by atoms with Gasteiger partial charge in [-0.3, -0.25) is 9.48 Å². The largest absolute Gasteiger partial charge is 0.480 e. The van der Waals surface area contributed by atoms with Crippen LogP contribution in [0.5, 0.6) is 0 Å². The fraction of sp³-hybridized carbons (Fsp3) is 0.286. The number of hydrogen-bond acceptors (Lipinski definition) is 4. The van der Waals surface area contributed by atoms with Gasteiger partial charge in [0.15, 0.2) is 0 Å². The molecule has 0 amide bonds. The van der Waals surface area contributed by atoms with Crippen molar-refractivity contribution in [1.82, 2.24) is 9.78 Å². The van der Waals surface area contributed by atoms with Gasteiger partial charge in [0.25, 0.3) is 0 Å². The molecule has 6 nitrogen and oxygen atoms in total. The average Bonchev–Trinajstić information content (AvgIpc) is 2.52. The highest BCUT2D eigenvalue weighted by Crippen LogP contribution is 1.95. The Morgan fingerprint density at radius 2 is 2.62 bits per heavy atom. The molecule has 0 aliphatic rings. The van der Waals surface area contributed by atoms with Crippen molar-refractivity contribution in [2.24, 2.45) is 5.73 Å². The Hall–Kier alpha value is -1.87. The molecule has 1 aromatic heterocycles. The average molecular weight is 180 g/mol. The van der Waals surface area contributed by atoms with Crippen LogP contribution >= 0.6 is 0 Å². The summed E-state index contributed by atoms with van der Waals surface area (Å²) in [7, 11) is 0. The SMILES string of the molecule is N#Cc1cnn(CC(N)C(=O)O)c1. The van der Waals surface area contributed by atoms with Crippen molar-refractivity contribution in [2.75, 3.05) is 0 Å². The van der Waals surface area contributed by atoms with Crippen molar-refractivity contribution in [3.8, 4) is 6.07 Å². The predicted molar refractivity (Wildman–Crippen MR) is 42.6 cm³/mol. The lowest BCUT2D eigenvalue weighted by Crippen LogP contribution is -2.34. The number of nitrogens with zero attached hydrogens (tertiary/aromatic N) is 3. The predicted octanol–water partition coefficient (Wildman–Crippen LogP) is -0.833. The van der Waals surface area contributed by atoms with E-state index in [0.717, 1.165) is 0 Å². The summed E-state index contributed by atoms with van der Waals surface area (Å²) in [5, 5.41) is 20.7. The van der Waals surface area contributed by atoms with E-state index < -0.39 is 12.0 Å². The third-order valence-electron chi connectivity index (χ3n) is 1.46. The molecule has 1 unspecified atom stereocenters. The van der Waals surface area contributed by atoms with E-state index in [1.807, 2.05) is 6.07 Å². The minimum absolute atomic E-state index is 0.0665. The van der Waals surface area contributed by atoms with Crippen molar-refractivity contribution >= 4 is 5.97 Å². The number of nitrogens with two attached hydrogens (primary N) is 1. The van der Waals surface area contributed by atoms with E-state index in [2.05, 4.69) is 5.10 Å². The molecular weight excluding hydrogens is 172 g/mol. The smallest absolute Gasteiger partial charge is 0.322 e. The molecule has 6 heteroatoms. The van der Waals surface area contributed by atoms with Gasteiger partial charge in [0.1, 0.15) is 12.1 Å². The minimum atomic E-state index is -1.09. The van der Waals surface area contributed by atoms with E-state index in [0.29, 0.717) is 5.56 Å². The second-order valence-electron chi connectivity index (χ2n) is 2.51. The minimum Gasteiger partial charge on any atom is -0.480 e. The van der Waals surface area contributed by atoms with E-state index >= 15 is 0 Å². The van der Waals surface area contributed by atoms with Crippen molar-refractivity contribution in [2.45, 2.75) is 12.6 Å². The highest BCUT2D eigenvalue weighted by atomic mass is 16.4. The molecule has 1 heterocycles. The molecule has 13 heavy (non-hydrogen) atoms. The number of carbonyl (C=O) groups is 1. The quantitative estimate of drug-likeness (QED) is 0.631. The normalized spacial score (nSPS) is 12.0. The zero-order valence-electron chi connectivity index (χ0n) is 6.71. The number of nitriles is 1. The Bertz CT molecular complexity index is 352. The highest BCUT2D eigenvalue weighted by Gasteiger charge is 2.12. The standard InChI is InChI=1S/C7H8N4O2/c8-1-5-2-10-11(3-5)4-6(9)7(12)13/h2-3,6H,4,9H2,(H,12,13). The monoisotopic (exact) mass is 180 g/mol. The molecule has 1 aromatic rings. The first kappa shape index (κ1) is 9.22. The Labute approximate surface area is 74.2 Å². The van der Waals surface area contributed by atoms with Gasteiger partial charge in [0, 0.05) is 6.20 Å². The molecule has 68 valence electrons. The molecular formula is C7H8N4O2. The maximum Gasteiger partial charge on any atom is 0.322 e. The fourth-order valence-corrected chi connectivity index (χ4v) is 0.801. The van der Waals surface area contributed by atoms with Crippen LogP contribution in [0.1, 0.15) is 5.56 Å². The Morgan fingerprint density at radius 1 is 1.92 bits per heavy atom. The van der Waals surface area contributed by atoms with E-state index in [-0.39, 0.29) is 6.54 Å². The summed E-state index contributed by atoms with van der Waals surface area (Å²) in [6.07, 6.45) is 2.80. The third-order valence-corrected chi connectivity index (χ3v) is 1.46. The number of hydrogen-bond donors (Lipinski definition) is 2. The molecule has 0 spiro atoms. The Morgan fingerprint density at radius 3 is 3.08 bits per heavy atom. The maximum absolute atomic E-state index is 10.3. The van der Waals surface area contributed by atoms with Crippen LogP contribution in [0, 0.1) is 11.3 Å². The van der Waals surface area contributed by atoms with E-state index in [1.165, 1.54) is 17.1 Å². The van der Waals surface area contributed by atoms with Crippen molar-refractivity contribution < 1.29 is 9.90 Å². The van der Waals surface area contributed by atoms with Gasteiger partial charge in [0.05, 0.1) is 18.3 Å². The van der Waals surface area contributed by atoms with Crippen molar-refractivity contribution in [3.63, 3.8) is 0 Å². The van der Waals surface area contributed by atoms with E-state index in [4.69, 9.17) is 16.1 Å². The molecule has 3 N–H and O–H groups in total. The van der Waals surface area contributed by atoms with Gasteiger partial charge in [-0.05, 0) is 0 Å². The molecule has 0 radical (unpaired) electrons. The number of carboxylic acids is 1. The van der Waals surface area contributed by atoms with Gasteiger partial charge >= 0.3 is 5.97 Å². The molecule has 0 aliphatic heterocycles. The number of rotatable bonds is 3. The molecule has 0 bridgehead atoms. The number of aliphatic carboxylic acids is 1. The lowest BCUT2D eigenvalue weighted by atomic mass is 10.3. The molecule has 0 saturated carbocycles. The first-order valence-electron chi connectivity index (χ1n) is 3.54. The summed E-state index contributed by atoms with van der Waals surface area (Å²) in [6, 6.07) is 0.884. The zero-order chi connectivity index (χ0) is 9.84. The lowest BCUT2D eigenvalue weighted by Gasteiger charge is -2.04. The lowest BCUT2D eigenvalue weighted by molar-refractivity contribution is -0.138. The van der Waals surface area contributed by atoms with Crippen LogP contribution in [0.4, 0.5) is 0 Å². The van der Waals surface area contributed by atoms with Crippen LogP contribution in [0.15, 0.2) is 12.4 Å². The molecule has 1 rings (SSSR count). The third kappa shape index (κ3) is 2.28. The van der Waals surface area contributed by atoms with Crippen molar-refractivity contribution in [3.05, 3.63) is 18.0 Å². The summed E-state index contributed by atoms with van der Waals surface area (Å²) >= 11 is 0. The molecule has 1 atom stereocenters. The number of aromatic nitrogens is 2. The fourth-order valence-electron chi connectivity index (χ4n) is 0.801. The van der Waals surface area contributed by atoms with Crippen LogP contribution < -0.4 is 5.73 Å². The second kappa shape index (κ2) is 3.69. The van der Waals surface area contributed by atoms with Gasteiger partial charge in [0.2, 0.25) is 0 Å². The summed E-state index contributed by atoms with van der Waals surface area (Å²) in [5.41, 5.74) is 5.64. The molecule has 0 aliphatic carbocycles. The summed E-state index contributed by atoms with van der Waals surface area (Å²) in [6.45, 7) is 0.0665. The second-order valence-corrected chi connectivity index (χ2v) is 2.51. The van der Waals surface area contributed by atoms with Crippen LogP contribution in [-0.2, 0) is 11.3 Å². The summed E-state index contributed by atoms with van der Waals surface area (Å²) in [5.74, 6) is -1.09. The van der Waals surface area contributed by atoms with Crippen LogP contribution in [0.3, 0.4) is 0 Å². The van der Waals surface area contributed by atoms with Crippen LogP contribution in [0.25, 0.3) is 0 Å². The maximum atomic E-state index is 10.3. The van der Waals surface area contributed by atoms with Gasteiger partial charge in [-0.25, -0.2) is 0 Å². The van der Waals surface area contributed by atoms with E-state index in [1.54, 1.807) is 0 Å². The molecule has 0 aromatic carbocycles. The van der Waals surface area contributed by atoms with Crippen molar-refractivity contribution in [1.29, 1.82) is 5.26 Å². The van der Waals surface area contributed by atoms with Gasteiger partial charge in [-0.2, -0.15) is 10.4 Å². The highest BCUT2D eigenvalue weighted by molar-refractivity contribution is 5.72. The van der Waals surface area contributed by atoms with E-state index in [9.17, 15) is 4.79 Å². The summed E-state index contributed by atoms with van der Waals surface area (Å²) in [4.78, 5) is 10.3. The summed E-state index contributed by atoms with van der Waals surface area (Å²) < 4.78 is 1.33. The number of carboxylic acid groups (broad SMARTS) is 1. The van der Waals surface area contributed by atoms with Gasteiger partial charge in [-0.15, -0.1) is 0 Å². The topological polar surface area (TPSA) is 105 Å². The van der Waals surface area contributed by atoms with Gasteiger partial charge < -0.3 is 10.8 Å².